The van der Waals surface area contributed by atoms with E-state index in [9.17, 15) is 0 Å². The second-order valence-electron chi connectivity index (χ2n) is 5.74. The third-order valence-electron chi connectivity index (χ3n) is 3.33. The Hall–Kier alpha value is -1.02. The first-order valence-electron chi connectivity index (χ1n) is 6.25. The number of anilines is 1. The fourth-order valence-electron chi connectivity index (χ4n) is 2.53. The van der Waals surface area contributed by atoms with Crippen LogP contribution in [0.4, 0.5) is 5.69 Å². The Morgan fingerprint density at radius 3 is 2.00 bits per heavy atom. The van der Waals surface area contributed by atoms with Crippen molar-refractivity contribution in [2.75, 3.05) is 25.5 Å². The SMILES string of the molecule is CNC(C)(C)CN(C)c1c(C)cc(C)cc1C. The summed E-state index contributed by atoms with van der Waals surface area (Å²) >= 11 is 0. The van der Waals surface area contributed by atoms with Gasteiger partial charge in [-0.15, -0.1) is 0 Å². The van der Waals surface area contributed by atoms with Crippen LogP contribution in [0, 0.1) is 20.8 Å². The smallest absolute Gasteiger partial charge is 0.0423 e. The van der Waals surface area contributed by atoms with E-state index in [0.717, 1.165) is 6.54 Å². The minimum atomic E-state index is 0.124. The molecule has 0 bridgehead atoms. The number of aryl methyl sites for hydroxylation is 3. The van der Waals surface area contributed by atoms with E-state index in [-0.39, 0.29) is 5.54 Å². The van der Waals surface area contributed by atoms with Crippen molar-refractivity contribution < 1.29 is 0 Å². The van der Waals surface area contributed by atoms with Crippen LogP contribution in [0.5, 0.6) is 0 Å². The molecule has 0 atom stereocenters. The molecule has 0 aromatic heterocycles. The van der Waals surface area contributed by atoms with Gasteiger partial charge in [0.1, 0.15) is 0 Å². The van der Waals surface area contributed by atoms with Crippen LogP contribution in [-0.4, -0.2) is 26.2 Å². The van der Waals surface area contributed by atoms with E-state index in [4.69, 9.17) is 0 Å². The second kappa shape index (κ2) is 5.09. The highest BCUT2D eigenvalue weighted by atomic mass is 15.1. The van der Waals surface area contributed by atoms with Crippen molar-refractivity contribution in [2.24, 2.45) is 0 Å². The summed E-state index contributed by atoms with van der Waals surface area (Å²) in [7, 11) is 4.19. The van der Waals surface area contributed by atoms with Gasteiger partial charge in [0.05, 0.1) is 0 Å². The summed E-state index contributed by atoms with van der Waals surface area (Å²) in [5, 5.41) is 3.35. The van der Waals surface area contributed by atoms with Gasteiger partial charge in [0.2, 0.25) is 0 Å². The Labute approximate surface area is 106 Å². The van der Waals surface area contributed by atoms with Crippen LogP contribution in [0.1, 0.15) is 30.5 Å². The monoisotopic (exact) mass is 234 g/mol. The average Bonchev–Trinajstić information content (AvgIpc) is 2.14. The van der Waals surface area contributed by atoms with Gasteiger partial charge in [0.15, 0.2) is 0 Å². The summed E-state index contributed by atoms with van der Waals surface area (Å²) in [5.74, 6) is 0. The van der Waals surface area contributed by atoms with E-state index in [1.54, 1.807) is 0 Å². The molecule has 0 aliphatic carbocycles. The van der Waals surface area contributed by atoms with E-state index in [1.807, 2.05) is 7.05 Å². The van der Waals surface area contributed by atoms with Crippen LogP contribution >= 0.6 is 0 Å². The highest BCUT2D eigenvalue weighted by molar-refractivity contribution is 5.60. The molecule has 0 unspecified atom stereocenters. The first-order valence-corrected chi connectivity index (χ1v) is 6.25. The molecule has 1 rings (SSSR count). The molecule has 0 spiro atoms. The van der Waals surface area contributed by atoms with Gasteiger partial charge in [0, 0.05) is 24.8 Å². The summed E-state index contributed by atoms with van der Waals surface area (Å²) in [6.45, 7) is 12.0. The highest BCUT2D eigenvalue weighted by Crippen LogP contribution is 2.26. The van der Waals surface area contributed by atoms with E-state index in [0.29, 0.717) is 0 Å². The molecule has 2 heteroatoms. The predicted octanol–water partition coefficient (Wildman–Crippen LogP) is 3.05. The summed E-state index contributed by atoms with van der Waals surface area (Å²) in [6.07, 6.45) is 0. The zero-order valence-electron chi connectivity index (χ0n) is 12.3. The van der Waals surface area contributed by atoms with Crippen LogP contribution in [0.15, 0.2) is 12.1 Å². The summed E-state index contributed by atoms with van der Waals surface area (Å²) in [6, 6.07) is 4.51. The molecule has 0 amide bonds. The molecule has 1 N–H and O–H groups in total. The summed E-state index contributed by atoms with van der Waals surface area (Å²) in [4.78, 5) is 2.35. The van der Waals surface area contributed by atoms with Crippen molar-refractivity contribution in [1.82, 2.24) is 5.32 Å². The average molecular weight is 234 g/mol. The molecular weight excluding hydrogens is 208 g/mol. The topological polar surface area (TPSA) is 15.3 Å². The van der Waals surface area contributed by atoms with E-state index >= 15 is 0 Å². The molecule has 0 aliphatic rings. The lowest BCUT2D eigenvalue weighted by atomic mass is 10.0. The fraction of sp³-hybridized carbons (Fsp3) is 0.600. The van der Waals surface area contributed by atoms with Gasteiger partial charge in [-0.05, 0) is 52.8 Å². The normalized spacial score (nSPS) is 11.7. The number of hydrogen-bond acceptors (Lipinski definition) is 2. The maximum atomic E-state index is 3.35. The number of nitrogens with one attached hydrogen (secondary N) is 1. The fourth-order valence-corrected chi connectivity index (χ4v) is 2.53. The van der Waals surface area contributed by atoms with Gasteiger partial charge in [-0.25, -0.2) is 0 Å². The van der Waals surface area contributed by atoms with Gasteiger partial charge >= 0.3 is 0 Å². The minimum Gasteiger partial charge on any atom is -0.372 e. The van der Waals surface area contributed by atoms with Gasteiger partial charge in [-0.2, -0.15) is 0 Å². The number of nitrogens with zero attached hydrogens (tertiary/aromatic N) is 1. The molecule has 1 aromatic rings. The maximum absolute atomic E-state index is 3.35. The van der Waals surface area contributed by atoms with E-state index in [2.05, 4.69) is 64.0 Å². The zero-order valence-corrected chi connectivity index (χ0v) is 12.3. The van der Waals surface area contributed by atoms with E-state index in [1.165, 1.54) is 22.4 Å². The molecule has 2 nitrogen and oxygen atoms in total. The van der Waals surface area contributed by atoms with Crippen molar-refractivity contribution in [3.63, 3.8) is 0 Å². The number of hydrogen-bond donors (Lipinski definition) is 1. The zero-order chi connectivity index (χ0) is 13.2. The standard InChI is InChI=1S/C15H26N2/c1-11-8-12(2)14(13(3)9-11)17(7)10-15(4,5)16-6/h8-9,16H,10H2,1-7H3. The quantitative estimate of drug-likeness (QED) is 0.861. The number of likely N-dealkylation sites (N-methyl/N-ethyl adjacent to an activating group) is 2. The predicted molar refractivity (Wildman–Crippen MR) is 77.1 cm³/mol. The lowest BCUT2D eigenvalue weighted by Crippen LogP contribution is -2.46. The first kappa shape index (κ1) is 14.0. The molecule has 0 heterocycles. The minimum absolute atomic E-state index is 0.124. The molecule has 1 aromatic carbocycles. The summed E-state index contributed by atoms with van der Waals surface area (Å²) in [5.41, 5.74) is 5.54. The van der Waals surface area contributed by atoms with Crippen molar-refractivity contribution in [1.29, 1.82) is 0 Å². The maximum Gasteiger partial charge on any atom is 0.0423 e. The van der Waals surface area contributed by atoms with Gasteiger partial charge in [0.25, 0.3) is 0 Å². The number of rotatable bonds is 4. The second-order valence-corrected chi connectivity index (χ2v) is 5.74. The molecule has 96 valence electrons. The van der Waals surface area contributed by atoms with Gasteiger partial charge < -0.3 is 10.2 Å². The summed E-state index contributed by atoms with van der Waals surface area (Å²) < 4.78 is 0. The van der Waals surface area contributed by atoms with Gasteiger partial charge in [-0.1, -0.05) is 17.7 Å². The highest BCUT2D eigenvalue weighted by Gasteiger charge is 2.19. The van der Waals surface area contributed by atoms with Crippen molar-refractivity contribution in [3.8, 4) is 0 Å². The molecule has 0 fully saturated rings. The van der Waals surface area contributed by atoms with Crippen LogP contribution in [0.3, 0.4) is 0 Å². The van der Waals surface area contributed by atoms with Gasteiger partial charge in [-0.3, -0.25) is 0 Å². The van der Waals surface area contributed by atoms with Crippen LogP contribution in [-0.2, 0) is 0 Å². The Balaban J connectivity index is 3.01. The number of benzene rings is 1. The van der Waals surface area contributed by atoms with Crippen LogP contribution in [0.2, 0.25) is 0 Å². The van der Waals surface area contributed by atoms with Crippen LogP contribution in [0.25, 0.3) is 0 Å². The molecule has 0 radical (unpaired) electrons. The van der Waals surface area contributed by atoms with Crippen molar-refractivity contribution in [2.45, 2.75) is 40.2 Å². The van der Waals surface area contributed by atoms with Crippen molar-refractivity contribution in [3.05, 3.63) is 28.8 Å². The lowest BCUT2D eigenvalue weighted by molar-refractivity contribution is 0.428. The first-order chi connectivity index (χ1) is 7.76. The van der Waals surface area contributed by atoms with E-state index < -0.39 is 0 Å². The Kier molecular flexibility index (Phi) is 4.21. The molecule has 17 heavy (non-hydrogen) atoms. The van der Waals surface area contributed by atoms with Crippen LogP contribution < -0.4 is 10.2 Å². The molecule has 0 aliphatic heterocycles. The van der Waals surface area contributed by atoms with Crippen molar-refractivity contribution >= 4 is 5.69 Å². The Morgan fingerprint density at radius 2 is 1.59 bits per heavy atom. The molecule has 0 saturated carbocycles. The molecule has 0 saturated heterocycles. The lowest BCUT2D eigenvalue weighted by Gasteiger charge is -2.33. The Morgan fingerprint density at radius 1 is 1.12 bits per heavy atom. The molecular formula is C15H26N2. The third kappa shape index (κ3) is 3.47. The largest absolute Gasteiger partial charge is 0.372 e. The Bertz CT molecular complexity index is 371. The third-order valence-corrected chi connectivity index (χ3v) is 3.33.